The summed E-state index contributed by atoms with van der Waals surface area (Å²) in [6.45, 7) is 0.275. The van der Waals surface area contributed by atoms with Crippen molar-refractivity contribution in [2.24, 2.45) is 0 Å². The normalized spacial score (nSPS) is 13.0. The predicted octanol–water partition coefficient (Wildman–Crippen LogP) is 3.69. The zero-order chi connectivity index (χ0) is 23.2. The van der Waals surface area contributed by atoms with E-state index in [9.17, 15) is 14.4 Å². The standard InChI is InChI=1S/C24H27N3O4S2/c1-31-21(29)14-27(13-16-7-3-2-4-8-16)20(28)11-12-32-15-19-25-23(30)22-17-9-5-6-10-18(17)33-24(22)26-19/h2-4,7-8H,5-6,9-15H2,1H3,(H,25,26,30). The monoisotopic (exact) mass is 485 g/mol. The molecule has 0 aliphatic heterocycles. The molecule has 1 aliphatic rings. The summed E-state index contributed by atoms with van der Waals surface area (Å²) in [5, 5.41) is 0.762. The van der Waals surface area contributed by atoms with Crippen LogP contribution in [0.4, 0.5) is 0 Å². The van der Waals surface area contributed by atoms with Crippen LogP contribution < -0.4 is 5.56 Å². The van der Waals surface area contributed by atoms with E-state index in [0.29, 0.717) is 23.9 Å². The highest BCUT2D eigenvalue weighted by atomic mass is 32.2. The third-order valence-corrected chi connectivity index (χ3v) is 7.85. The van der Waals surface area contributed by atoms with Gasteiger partial charge in [0.1, 0.15) is 17.2 Å². The van der Waals surface area contributed by atoms with Crippen LogP contribution in [0.3, 0.4) is 0 Å². The highest BCUT2D eigenvalue weighted by molar-refractivity contribution is 7.98. The molecule has 7 nitrogen and oxygen atoms in total. The van der Waals surface area contributed by atoms with E-state index in [-0.39, 0.29) is 24.4 Å². The lowest BCUT2D eigenvalue weighted by molar-refractivity contribution is -0.147. The van der Waals surface area contributed by atoms with Crippen LogP contribution >= 0.6 is 23.1 Å². The lowest BCUT2D eigenvalue weighted by atomic mass is 9.97. The van der Waals surface area contributed by atoms with Crippen LogP contribution in [0.5, 0.6) is 0 Å². The zero-order valence-corrected chi connectivity index (χ0v) is 20.2. The Hall–Kier alpha value is -2.65. The van der Waals surface area contributed by atoms with E-state index in [0.717, 1.165) is 35.0 Å². The maximum absolute atomic E-state index is 12.8. The van der Waals surface area contributed by atoms with Gasteiger partial charge in [0.05, 0.1) is 18.2 Å². The number of thioether (sulfide) groups is 1. The Morgan fingerprint density at radius 2 is 2.00 bits per heavy atom. The fraction of sp³-hybridized carbons (Fsp3) is 0.417. The molecule has 1 amide bonds. The fourth-order valence-electron chi connectivity index (χ4n) is 4.02. The first-order valence-electron chi connectivity index (χ1n) is 11.0. The van der Waals surface area contributed by atoms with E-state index >= 15 is 0 Å². The second kappa shape index (κ2) is 11.0. The second-order valence-electron chi connectivity index (χ2n) is 8.02. The van der Waals surface area contributed by atoms with Gasteiger partial charge in [0.15, 0.2) is 0 Å². The zero-order valence-electron chi connectivity index (χ0n) is 18.6. The Balaban J connectivity index is 1.34. The smallest absolute Gasteiger partial charge is 0.325 e. The maximum atomic E-state index is 12.8. The predicted molar refractivity (Wildman–Crippen MR) is 132 cm³/mol. The van der Waals surface area contributed by atoms with E-state index in [1.54, 1.807) is 23.1 Å². The quantitative estimate of drug-likeness (QED) is 0.367. The third-order valence-electron chi connectivity index (χ3n) is 5.69. The molecule has 33 heavy (non-hydrogen) atoms. The number of fused-ring (bicyclic) bond motifs is 3. The number of aromatic amines is 1. The third kappa shape index (κ3) is 5.83. The van der Waals surface area contributed by atoms with Crippen molar-refractivity contribution in [3.05, 3.63) is 62.5 Å². The van der Waals surface area contributed by atoms with Gasteiger partial charge in [0.2, 0.25) is 5.91 Å². The summed E-state index contributed by atoms with van der Waals surface area (Å²) < 4.78 is 4.75. The number of benzene rings is 1. The number of amides is 1. The molecule has 0 saturated heterocycles. The number of esters is 1. The van der Waals surface area contributed by atoms with Gasteiger partial charge in [-0.25, -0.2) is 4.98 Å². The minimum Gasteiger partial charge on any atom is -0.468 e. The summed E-state index contributed by atoms with van der Waals surface area (Å²) in [6, 6.07) is 9.56. The van der Waals surface area contributed by atoms with Gasteiger partial charge >= 0.3 is 5.97 Å². The maximum Gasteiger partial charge on any atom is 0.325 e. The number of methoxy groups -OCH3 is 1. The van der Waals surface area contributed by atoms with Crippen molar-refractivity contribution < 1.29 is 14.3 Å². The first-order chi connectivity index (χ1) is 16.0. The van der Waals surface area contributed by atoms with Crippen molar-refractivity contribution in [1.29, 1.82) is 0 Å². The number of H-pyrrole nitrogens is 1. The Labute approximate surface area is 200 Å². The number of ether oxygens (including phenoxy) is 1. The van der Waals surface area contributed by atoms with Crippen LogP contribution in [0.1, 0.15) is 41.1 Å². The van der Waals surface area contributed by atoms with Crippen LogP contribution in [0.15, 0.2) is 35.1 Å². The summed E-state index contributed by atoms with van der Waals surface area (Å²) in [6.07, 6.45) is 4.58. The average Bonchev–Trinajstić information content (AvgIpc) is 3.20. The van der Waals surface area contributed by atoms with Crippen molar-refractivity contribution in [2.75, 3.05) is 19.4 Å². The van der Waals surface area contributed by atoms with Gasteiger partial charge in [-0.05, 0) is 36.8 Å². The number of hydrogen-bond donors (Lipinski definition) is 1. The molecule has 1 N–H and O–H groups in total. The number of nitrogens with zero attached hydrogens (tertiary/aromatic N) is 2. The first kappa shape index (κ1) is 23.5. The summed E-state index contributed by atoms with van der Waals surface area (Å²) in [5.41, 5.74) is 2.08. The molecule has 0 bridgehead atoms. The second-order valence-corrected chi connectivity index (χ2v) is 10.2. The Bertz CT molecular complexity index is 1190. The summed E-state index contributed by atoms with van der Waals surface area (Å²) in [7, 11) is 1.32. The Morgan fingerprint density at radius 3 is 2.79 bits per heavy atom. The van der Waals surface area contributed by atoms with E-state index in [1.807, 2.05) is 30.3 Å². The Kier molecular flexibility index (Phi) is 7.82. The molecule has 2 heterocycles. The summed E-state index contributed by atoms with van der Waals surface area (Å²) >= 11 is 3.18. The van der Waals surface area contributed by atoms with Gasteiger partial charge in [-0.3, -0.25) is 14.4 Å². The first-order valence-corrected chi connectivity index (χ1v) is 13.0. The number of aryl methyl sites for hydroxylation is 2. The van der Waals surface area contributed by atoms with Gasteiger partial charge < -0.3 is 14.6 Å². The minimum atomic E-state index is -0.444. The molecule has 174 valence electrons. The number of hydrogen-bond acceptors (Lipinski definition) is 7. The largest absolute Gasteiger partial charge is 0.468 e. The molecule has 0 atom stereocenters. The summed E-state index contributed by atoms with van der Waals surface area (Å²) in [5.74, 6) is 1.17. The molecule has 1 aromatic carbocycles. The van der Waals surface area contributed by atoms with E-state index in [4.69, 9.17) is 4.74 Å². The van der Waals surface area contributed by atoms with E-state index < -0.39 is 5.97 Å². The molecule has 0 spiro atoms. The van der Waals surface area contributed by atoms with Crippen LogP contribution in [0, 0.1) is 0 Å². The number of rotatable bonds is 9. The van der Waals surface area contributed by atoms with Gasteiger partial charge in [0.25, 0.3) is 5.56 Å². The minimum absolute atomic E-state index is 0.0572. The van der Waals surface area contributed by atoms with E-state index in [1.165, 1.54) is 28.9 Å². The van der Waals surface area contributed by atoms with Crippen LogP contribution in [-0.4, -0.2) is 46.2 Å². The van der Waals surface area contributed by atoms with Crippen molar-refractivity contribution in [1.82, 2.24) is 14.9 Å². The molecule has 0 radical (unpaired) electrons. The average molecular weight is 486 g/mol. The topological polar surface area (TPSA) is 92.4 Å². The SMILES string of the molecule is COC(=O)CN(Cc1ccccc1)C(=O)CCSCc1nc2sc3c(c2c(=O)[nH]1)CCCC3. The molecular formula is C24H27N3O4S2. The molecular weight excluding hydrogens is 458 g/mol. The lowest BCUT2D eigenvalue weighted by Crippen LogP contribution is -2.35. The number of thiophene rings is 1. The molecule has 0 fully saturated rings. The molecule has 2 aromatic heterocycles. The number of carbonyl (C=O) groups excluding carboxylic acids is 2. The van der Waals surface area contributed by atoms with Gasteiger partial charge in [0, 0.05) is 23.6 Å². The van der Waals surface area contributed by atoms with Gasteiger partial charge in [-0.15, -0.1) is 11.3 Å². The number of carbonyl (C=O) groups is 2. The van der Waals surface area contributed by atoms with Crippen LogP contribution in [-0.2, 0) is 39.5 Å². The highest BCUT2D eigenvalue weighted by Gasteiger charge is 2.20. The van der Waals surface area contributed by atoms with Gasteiger partial charge in [-0.2, -0.15) is 11.8 Å². The van der Waals surface area contributed by atoms with E-state index in [2.05, 4.69) is 9.97 Å². The number of aromatic nitrogens is 2. The van der Waals surface area contributed by atoms with Crippen LogP contribution in [0.2, 0.25) is 0 Å². The molecule has 4 rings (SSSR count). The van der Waals surface area contributed by atoms with Crippen molar-refractivity contribution in [3.63, 3.8) is 0 Å². The summed E-state index contributed by atoms with van der Waals surface area (Å²) in [4.78, 5) is 48.5. The number of nitrogens with one attached hydrogen (secondary N) is 1. The highest BCUT2D eigenvalue weighted by Crippen LogP contribution is 2.33. The molecule has 3 aromatic rings. The molecule has 1 aliphatic carbocycles. The van der Waals surface area contributed by atoms with Crippen molar-refractivity contribution in [2.45, 2.75) is 44.4 Å². The van der Waals surface area contributed by atoms with Gasteiger partial charge in [-0.1, -0.05) is 30.3 Å². The molecule has 9 heteroatoms. The lowest BCUT2D eigenvalue weighted by Gasteiger charge is -2.21. The molecule has 0 unspecified atom stereocenters. The fourth-order valence-corrected chi connectivity index (χ4v) is 6.09. The Morgan fingerprint density at radius 1 is 1.21 bits per heavy atom. The van der Waals surface area contributed by atoms with Crippen LogP contribution in [0.25, 0.3) is 10.2 Å². The van der Waals surface area contributed by atoms with Crippen molar-refractivity contribution >= 4 is 45.2 Å². The van der Waals surface area contributed by atoms with Crippen molar-refractivity contribution in [3.8, 4) is 0 Å². The molecule has 0 saturated carbocycles.